The Hall–Kier alpha value is -3.24. The number of fused-ring (bicyclic) bond motifs is 1. The van der Waals surface area contributed by atoms with Crippen LogP contribution in [0.15, 0.2) is 35.3 Å². The van der Waals surface area contributed by atoms with Gasteiger partial charge in [0.1, 0.15) is 22.9 Å². The summed E-state index contributed by atoms with van der Waals surface area (Å²) in [6, 6.07) is 6.63. The van der Waals surface area contributed by atoms with Crippen molar-refractivity contribution < 1.29 is 33.0 Å². The third kappa shape index (κ3) is 6.22. The zero-order chi connectivity index (χ0) is 33.9. The number of anilines is 1. The van der Waals surface area contributed by atoms with Crippen LogP contribution >= 0.6 is 7.60 Å². The van der Waals surface area contributed by atoms with E-state index in [1.54, 1.807) is 10.6 Å². The predicted molar refractivity (Wildman–Crippen MR) is 177 cm³/mol. The summed E-state index contributed by atoms with van der Waals surface area (Å²) in [4.78, 5) is 28.6. The van der Waals surface area contributed by atoms with Crippen LogP contribution in [0.5, 0.6) is 5.75 Å². The second-order valence-corrected chi connectivity index (χ2v) is 16.7. The molecule has 2 aliphatic rings. The number of phenols is 1. The minimum Gasteiger partial charge on any atom is -0.507 e. The Balaban J connectivity index is 1.54. The number of carboxylic acids is 1. The van der Waals surface area contributed by atoms with E-state index in [1.807, 2.05) is 63.5 Å². The van der Waals surface area contributed by atoms with E-state index in [-0.39, 0.29) is 22.7 Å². The average Bonchev–Trinajstić information content (AvgIpc) is 3.82. The molecule has 1 aliphatic carbocycles. The van der Waals surface area contributed by atoms with E-state index in [0.29, 0.717) is 42.9 Å². The van der Waals surface area contributed by atoms with Gasteiger partial charge < -0.3 is 28.7 Å². The number of benzene rings is 2. The number of aromatic nitrogens is 1. The van der Waals surface area contributed by atoms with Gasteiger partial charge in [0, 0.05) is 58.0 Å². The van der Waals surface area contributed by atoms with Crippen molar-refractivity contribution in [3.05, 3.63) is 68.8 Å². The Kier molecular flexibility index (Phi) is 8.96. The summed E-state index contributed by atoms with van der Waals surface area (Å²) in [5.74, 6) is -2.52. The molecule has 1 saturated heterocycles. The van der Waals surface area contributed by atoms with Crippen molar-refractivity contribution in [2.24, 2.45) is 0 Å². The van der Waals surface area contributed by atoms with Gasteiger partial charge in [0.2, 0.25) is 5.43 Å². The van der Waals surface area contributed by atoms with Gasteiger partial charge in [0.05, 0.1) is 11.2 Å². The van der Waals surface area contributed by atoms with Crippen molar-refractivity contribution in [3.63, 3.8) is 0 Å². The minimum absolute atomic E-state index is 0.0458. The smallest absolute Gasteiger partial charge is 0.351 e. The van der Waals surface area contributed by atoms with Gasteiger partial charge in [-0.3, -0.25) is 14.3 Å². The number of carboxylic acid groups (broad SMARTS) is 1. The molecular formula is C34H45FN3O7P. The summed E-state index contributed by atoms with van der Waals surface area (Å²) in [6.07, 6.45) is 3.08. The Labute approximate surface area is 269 Å². The Morgan fingerprint density at radius 1 is 0.957 bits per heavy atom. The van der Waals surface area contributed by atoms with E-state index in [0.717, 1.165) is 30.0 Å². The second-order valence-electron chi connectivity index (χ2n) is 14.4. The Morgan fingerprint density at radius 3 is 1.96 bits per heavy atom. The molecule has 0 radical (unpaired) electrons. The number of aromatic carboxylic acids is 1. The van der Waals surface area contributed by atoms with Crippen LogP contribution in [0.25, 0.3) is 10.9 Å². The van der Waals surface area contributed by atoms with Gasteiger partial charge in [-0.15, -0.1) is 0 Å². The van der Waals surface area contributed by atoms with Crippen molar-refractivity contribution in [1.29, 1.82) is 0 Å². The number of carbonyl (C=O) groups is 1. The first-order valence-corrected chi connectivity index (χ1v) is 17.2. The van der Waals surface area contributed by atoms with Crippen molar-refractivity contribution in [3.8, 4) is 5.75 Å². The predicted octanol–water partition coefficient (Wildman–Crippen LogP) is 6.78. The van der Waals surface area contributed by atoms with Gasteiger partial charge in [0.25, 0.3) is 0 Å². The lowest BCUT2D eigenvalue weighted by molar-refractivity contribution is 0.0694. The van der Waals surface area contributed by atoms with Gasteiger partial charge in [0.15, 0.2) is 0 Å². The molecule has 1 saturated carbocycles. The highest BCUT2D eigenvalue weighted by Gasteiger charge is 2.43. The molecule has 2 N–H and O–H groups in total. The lowest BCUT2D eigenvalue weighted by Gasteiger charge is -2.42. The summed E-state index contributed by atoms with van der Waals surface area (Å²) in [5, 5.41) is 21.0. The molecule has 2 heterocycles. The molecule has 250 valence electrons. The molecule has 10 nitrogen and oxygen atoms in total. The normalized spacial score (nSPS) is 17.5. The van der Waals surface area contributed by atoms with Crippen LogP contribution in [0.1, 0.15) is 93.3 Å². The quantitative estimate of drug-likeness (QED) is 0.253. The minimum atomic E-state index is -3.74. The maximum Gasteiger partial charge on any atom is 0.351 e. The number of hydrogen-bond donors (Lipinski definition) is 2. The number of hydrogen-bond acceptors (Lipinski definition) is 8. The van der Waals surface area contributed by atoms with Crippen LogP contribution in [-0.2, 0) is 24.4 Å². The number of phenolic OH excluding ortho intramolecular Hbond substituents is 1. The number of nitrogens with zero attached hydrogens (tertiary/aromatic N) is 3. The molecular weight excluding hydrogens is 612 g/mol. The fraction of sp³-hybridized carbons (Fsp3) is 0.529. The van der Waals surface area contributed by atoms with E-state index in [1.165, 1.54) is 20.4 Å². The summed E-state index contributed by atoms with van der Waals surface area (Å²) in [5.41, 5.74) is 1.08. The van der Waals surface area contributed by atoms with E-state index in [9.17, 15) is 24.4 Å². The molecule has 0 amide bonds. The number of halogens is 1. The van der Waals surface area contributed by atoms with E-state index in [4.69, 9.17) is 9.05 Å². The van der Waals surface area contributed by atoms with E-state index in [2.05, 4.69) is 0 Å². The highest BCUT2D eigenvalue weighted by atomic mass is 31.2. The monoisotopic (exact) mass is 657 g/mol. The van der Waals surface area contributed by atoms with Crippen LogP contribution in [0, 0.1) is 5.82 Å². The topological polar surface area (TPSA) is 122 Å². The van der Waals surface area contributed by atoms with Crippen molar-refractivity contribution >= 4 is 30.2 Å². The first-order chi connectivity index (χ1) is 21.4. The molecule has 0 spiro atoms. The zero-order valence-corrected chi connectivity index (χ0v) is 28.8. The third-order valence-corrected chi connectivity index (χ3v) is 11.4. The summed E-state index contributed by atoms with van der Waals surface area (Å²) in [7, 11) is -1.01. The number of aromatic hydroxyl groups is 1. The van der Waals surface area contributed by atoms with Crippen LogP contribution < -0.4 is 10.3 Å². The molecule has 5 rings (SSSR count). The molecule has 12 heteroatoms. The highest BCUT2D eigenvalue weighted by Crippen LogP contribution is 2.62. The molecule has 1 aromatic heterocycles. The highest BCUT2D eigenvalue weighted by molar-refractivity contribution is 7.54. The van der Waals surface area contributed by atoms with E-state index >= 15 is 4.39 Å². The van der Waals surface area contributed by atoms with Gasteiger partial charge in [-0.1, -0.05) is 41.5 Å². The lowest BCUT2D eigenvalue weighted by Crippen LogP contribution is -2.48. The van der Waals surface area contributed by atoms with Crippen LogP contribution in [-0.4, -0.2) is 66.0 Å². The van der Waals surface area contributed by atoms with Gasteiger partial charge >= 0.3 is 13.6 Å². The molecule has 0 bridgehead atoms. The molecule has 2 fully saturated rings. The van der Waals surface area contributed by atoms with Crippen LogP contribution in [0.4, 0.5) is 10.1 Å². The molecule has 1 atom stereocenters. The van der Waals surface area contributed by atoms with Crippen molar-refractivity contribution in [2.75, 3.05) is 45.3 Å². The maximum absolute atomic E-state index is 15.7. The lowest BCUT2D eigenvalue weighted by atomic mass is 9.78. The summed E-state index contributed by atoms with van der Waals surface area (Å²) < 4.78 is 42.8. The Morgan fingerprint density at radius 2 is 1.50 bits per heavy atom. The van der Waals surface area contributed by atoms with Gasteiger partial charge in [-0.25, -0.2) is 9.18 Å². The molecule has 2 aromatic carbocycles. The second kappa shape index (κ2) is 12.1. The number of piperazine rings is 1. The Bertz CT molecular complexity index is 1740. The zero-order valence-electron chi connectivity index (χ0n) is 27.9. The summed E-state index contributed by atoms with van der Waals surface area (Å²) >= 11 is 0. The van der Waals surface area contributed by atoms with E-state index < -0.39 is 41.4 Å². The van der Waals surface area contributed by atoms with Crippen LogP contribution in [0.3, 0.4) is 0 Å². The molecule has 1 unspecified atom stereocenters. The standard InChI is InChI=1S/C34H45FN3O7P/c1-33(2,3)24-15-20(16-25(30(24)40)34(4,5)6)31(46(43,44-7)45-8)37-13-11-36(12-14-37)28-18-27-22(17-26(28)35)29(39)23(32(41)42)19-38(27)21-9-10-21/h15-19,21,31,40H,9-14H2,1-8H3,(H,41,42). The van der Waals surface area contributed by atoms with Crippen molar-refractivity contribution in [1.82, 2.24) is 9.47 Å². The van der Waals surface area contributed by atoms with Gasteiger partial charge in [-0.2, -0.15) is 0 Å². The number of rotatable bonds is 8. The first kappa shape index (κ1) is 34.1. The first-order valence-electron chi connectivity index (χ1n) is 15.6. The SMILES string of the molecule is COP(=O)(OC)C(c1cc(C(C)(C)C)c(O)c(C(C)(C)C)c1)N1CCN(c2cc3c(cc2F)c(=O)c(C(=O)O)cn3C2CC2)CC1. The molecule has 3 aromatic rings. The van der Waals surface area contributed by atoms with Crippen LogP contribution in [0.2, 0.25) is 0 Å². The fourth-order valence-corrected chi connectivity index (χ4v) is 8.13. The fourth-order valence-electron chi connectivity index (χ4n) is 6.43. The molecule has 46 heavy (non-hydrogen) atoms. The third-order valence-electron chi connectivity index (χ3n) is 9.13. The van der Waals surface area contributed by atoms with Gasteiger partial charge in [-0.05, 0) is 64.6 Å². The largest absolute Gasteiger partial charge is 0.507 e. The maximum atomic E-state index is 15.7. The average molecular weight is 658 g/mol. The summed E-state index contributed by atoms with van der Waals surface area (Å²) in [6.45, 7) is 13.6. The van der Waals surface area contributed by atoms with Crippen molar-refractivity contribution in [2.45, 2.75) is 77.0 Å². The number of pyridine rings is 1. The molecule has 1 aliphatic heterocycles.